The largest absolute Gasteiger partial charge is 0.390 e. The van der Waals surface area contributed by atoms with Crippen molar-refractivity contribution in [2.45, 2.75) is 31.8 Å². The Morgan fingerprint density at radius 2 is 2.12 bits per heavy atom. The molecule has 1 aromatic carbocycles. The standard InChI is InChI=1S/C13H16F2O/c1-3-4-7-13(2,16)9-10-8-11(14)5-6-12(10)15/h3,5-6,8,16H,1,4,7,9H2,2H3. The molecule has 0 saturated heterocycles. The van der Waals surface area contributed by atoms with Crippen LogP contribution in [0.3, 0.4) is 0 Å². The molecular formula is C13H16F2O. The number of benzene rings is 1. The van der Waals surface area contributed by atoms with Crippen molar-refractivity contribution in [3.63, 3.8) is 0 Å². The van der Waals surface area contributed by atoms with Crippen LogP contribution in [0.2, 0.25) is 0 Å². The molecule has 0 bridgehead atoms. The van der Waals surface area contributed by atoms with Crippen molar-refractivity contribution < 1.29 is 13.9 Å². The molecule has 0 fully saturated rings. The molecule has 3 heteroatoms. The van der Waals surface area contributed by atoms with Gasteiger partial charge in [0.05, 0.1) is 5.60 Å². The zero-order chi connectivity index (χ0) is 12.2. The average molecular weight is 226 g/mol. The van der Waals surface area contributed by atoms with Gasteiger partial charge in [-0.2, -0.15) is 0 Å². The van der Waals surface area contributed by atoms with Gasteiger partial charge in [0.1, 0.15) is 11.6 Å². The van der Waals surface area contributed by atoms with Crippen molar-refractivity contribution in [2.24, 2.45) is 0 Å². The maximum absolute atomic E-state index is 13.3. The molecule has 0 spiro atoms. The predicted octanol–water partition coefficient (Wildman–Crippen LogP) is 3.22. The molecular weight excluding hydrogens is 210 g/mol. The van der Waals surface area contributed by atoms with Crippen LogP contribution >= 0.6 is 0 Å². The minimum Gasteiger partial charge on any atom is -0.390 e. The Morgan fingerprint density at radius 3 is 2.75 bits per heavy atom. The van der Waals surface area contributed by atoms with Gasteiger partial charge < -0.3 is 5.11 Å². The first-order valence-electron chi connectivity index (χ1n) is 5.22. The molecule has 0 aliphatic rings. The van der Waals surface area contributed by atoms with Gasteiger partial charge in [0, 0.05) is 6.42 Å². The predicted molar refractivity (Wildman–Crippen MR) is 60.1 cm³/mol. The fourth-order valence-corrected chi connectivity index (χ4v) is 1.59. The molecule has 1 aromatic rings. The first-order chi connectivity index (χ1) is 7.44. The highest BCUT2D eigenvalue weighted by Crippen LogP contribution is 2.21. The zero-order valence-electron chi connectivity index (χ0n) is 9.34. The number of aliphatic hydroxyl groups is 1. The van der Waals surface area contributed by atoms with E-state index in [1.54, 1.807) is 13.0 Å². The number of allylic oxidation sites excluding steroid dienone is 1. The lowest BCUT2D eigenvalue weighted by Gasteiger charge is -2.22. The van der Waals surface area contributed by atoms with E-state index >= 15 is 0 Å². The van der Waals surface area contributed by atoms with E-state index in [2.05, 4.69) is 6.58 Å². The van der Waals surface area contributed by atoms with Crippen molar-refractivity contribution in [2.75, 3.05) is 0 Å². The van der Waals surface area contributed by atoms with Crippen LogP contribution in [0.25, 0.3) is 0 Å². The van der Waals surface area contributed by atoms with Crippen LogP contribution in [0.15, 0.2) is 30.9 Å². The van der Waals surface area contributed by atoms with E-state index in [4.69, 9.17) is 0 Å². The maximum atomic E-state index is 13.3. The minimum atomic E-state index is -1.04. The van der Waals surface area contributed by atoms with E-state index < -0.39 is 17.2 Å². The highest BCUT2D eigenvalue weighted by molar-refractivity contribution is 5.20. The molecule has 0 aliphatic heterocycles. The molecule has 1 atom stereocenters. The lowest BCUT2D eigenvalue weighted by atomic mass is 9.91. The number of rotatable bonds is 5. The summed E-state index contributed by atoms with van der Waals surface area (Å²) in [6.07, 6.45) is 2.91. The Bertz CT molecular complexity index is 372. The summed E-state index contributed by atoms with van der Waals surface area (Å²) in [5.41, 5.74) is -0.836. The topological polar surface area (TPSA) is 20.2 Å². The first kappa shape index (κ1) is 12.8. The van der Waals surface area contributed by atoms with Gasteiger partial charge in [0.15, 0.2) is 0 Å². The maximum Gasteiger partial charge on any atom is 0.126 e. The molecule has 1 N–H and O–H groups in total. The molecule has 0 aliphatic carbocycles. The molecule has 0 aromatic heterocycles. The summed E-state index contributed by atoms with van der Waals surface area (Å²) in [7, 11) is 0. The molecule has 1 rings (SSSR count). The van der Waals surface area contributed by atoms with Gasteiger partial charge in [-0.25, -0.2) is 8.78 Å². The molecule has 0 amide bonds. The molecule has 0 heterocycles. The molecule has 88 valence electrons. The highest BCUT2D eigenvalue weighted by atomic mass is 19.1. The van der Waals surface area contributed by atoms with E-state index in [-0.39, 0.29) is 12.0 Å². The minimum absolute atomic E-state index is 0.102. The second-order valence-electron chi connectivity index (χ2n) is 4.24. The molecule has 1 unspecified atom stereocenters. The molecule has 1 nitrogen and oxygen atoms in total. The normalized spacial score (nSPS) is 14.5. The van der Waals surface area contributed by atoms with Gasteiger partial charge in [0.25, 0.3) is 0 Å². The van der Waals surface area contributed by atoms with Crippen molar-refractivity contribution in [1.82, 2.24) is 0 Å². The van der Waals surface area contributed by atoms with Crippen LogP contribution in [0.1, 0.15) is 25.3 Å². The van der Waals surface area contributed by atoms with Crippen molar-refractivity contribution in [3.05, 3.63) is 48.1 Å². The second-order valence-corrected chi connectivity index (χ2v) is 4.24. The van der Waals surface area contributed by atoms with Crippen LogP contribution in [0.5, 0.6) is 0 Å². The van der Waals surface area contributed by atoms with Crippen molar-refractivity contribution >= 4 is 0 Å². The highest BCUT2D eigenvalue weighted by Gasteiger charge is 2.21. The van der Waals surface area contributed by atoms with E-state index in [1.165, 1.54) is 0 Å². The number of halogens is 2. The Labute approximate surface area is 94.4 Å². The summed E-state index contributed by atoms with van der Waals surface area (Å²) >= 11 is 0. The van der Waals surface area contributed by atoms with Crippen LogP contribution in [0, 0.1) is 11.6 Å². The Balaban J connectivity index is 2.78. The van der Waals surface area contributed by atoms with Gasteiger partial charge >= 0.3 is 0 Å². The Hall–Kier alpha value is -1.22. The molecule has 0 saturated carbocycles. The summed E-state index contributed by atoms with van der Waals surface area (Å²) in [6, 6.07) is 3.27. The van der Waals surface area contributed by atoms with Crippen molar-refractivity contribution in [1.29, 1.82) is 0 Å². The smallest absolute Gasteiger partial charge is 0.126 e. The van der Waals surface area contributed by atoms with E-state index in [0.717, 1.165) is 18.2 Å². The van der Waals surface area contributed by atoms with Crippen LogP contribution in [0.4, 0.5) is 8.78 Å². The van der Waals surface area contributed by atoms with Crippen LogP contribution < -0.4 is 0 Å². The quantitative estimate of drug-likeness (QED) is 0.764. The van der Waals surface area contributed by atoms with Gasteiger partial charge in [0.2, 0.25) is 0 Å². The monoisotopic (exact) mass is 226 g/mol. The number of hydrogen-bond acceptors (Lipinski definition) is 1. The van der Waals surface area contributed by atoms with Gasteiger partial charge in [-0.15, -0.1) is 6.58 Å². The van der Waals surface area contributed by atoms with E-state index in [0.29, 0.717) is 12.8 Å². The number of hydrogen-bond donors (Lipinski definition) is 1. The fraction of sp³-hybridized carbons (Fsp3) is 0.385. The lowest BCUT2D eigenvalue weighted by molar-refractivity contribution is 0.0514. The summed E-state index contributed by atoms with van der Waals surface area (Å²) in [5, 5.41) is 9.98. The lowest BCUT2D eigenvalue weighted by Crippen LogP contribution is -2.27. The third-order valence-electron chi connectivity index (χ3n) is 2.47. The summed E-state index contributed by atoms with van der Waals surface area (Å²) < 4.78 is 26.2. The molecule has 0 radical (unpaired) electrons. The second kappa shape index (κ2) is 5.21. The zero-order valence-corrected chi connectivity index (χ0v) is 9.34. The summed E-state index contributed by atoms with van der Waals surface area (Å²) in [6.45, 7) is 5.17. The van der Waals surface area contributed by atoms with Crippen LogP contribution in [-0.4, -0.2) is 10.7 Å². The van der Waals surface area contributed by atoms with Gasteiger partial charge in [-0.05, 0) is 43.5 Å². The fourth-order valence-electron chi connectivity index (χ4n) is 1.59. The van der Waals surface area contributed by atoms with E-state index in [9.17, 15) is 13.9 Å². The van der Waals surface area contributed by atoms with Crippen molar-refractivity contribution in [3.8, 4) is 0 Å². The third-order valence-corrected chi connectivity index (χ3v) is 2.47. The summed E-state index contributed by atoms with van der Waals surface area (Å²) in [4.78, 5) is 0. The molecule has 16 heavy (non-hydrogen) atoms. The third kappa shape index (κ3) is 3.74. The average Bonchev–Trinajstić information content (AvgIpc) is 2.20. The van der Waals surface area contributed by atoms with Crippen LogP contribution in [-0.2, 0) is 6.42 Å². The first-order valence-corrected chi connectivity index (χ1v) is 5.22. The van der Waals surface area contributed by atoms with Gasteiger partial charge in [-0.1, -0.05) is 6.08 Å². The summed E-state index contributed by atoms with van der Waals surface area (Å²) in [5.74, 6) is -0.976. The SMILES string of the molecule is C=CCCC(C)(O)Cc1cc(F)ccc1F. The Kier molecular flexibility index (Phi) is 4.19. The van der Waals surface area contributed by atoms with Gasteiger partial charge in [-0.3, -0.25) is 0 Å². The van der Waals surface area contributed by atoms with E-state index in [1.807, 2.05) is 0 Å². The Morgan fingerprint density at radius 1 is 1.44 bits per heavy atom.